The maximum atomic E-state index is 12.0. The molecule has 0 aliphatic heterocycles. The van der Waals surface area contributed by atoms with Crippen LogP contribution >= 0.6 is 0 Å². The highest BCUT2D eigenvalue weighted by Crippen LogP contribution is 2.24. The molecular weight excluding hydrogens is 244 g/mol. The number of aromatic hydroxyl groups is 2. The molecule has 19 heavy (non-hydrogen) atoms. The Labute approximate surface area is 109 Å². The van der Waals surface area contributed by atoms with E-state index in [4.69, 9.17) is 5.26 Å². The van der Waals surface area contributed by atoms with Gasteiger partial charge in [-0.25, -0.2) is 0 Å². The number of hydrogen-bond acceptors (Lipinski definition) is 4. The highest BCUT2D eigenvalue weighted by Gasteiger charge is 2.14. The van der Waals surface area contributed by atoms with E-state index in [1.54, 1.807) is 29.1 Å². The summed E-state index contributed by atoms with van der Waals surface area (Å²) in [4.78, 5) is 12.0. The average molecular weight is 255 g/mol. The molecule has 0 aliphatic carbocycles. The third-order valence-corrected chi connectivity index (χ3v) is 2.61. The van der Waals surface area contributed by atoms with Gasteiger partial charge in [0.2, 0.25) is 12.3 Å². The second-order valence-electron chi connectivity index (χ2n) is 4.00. The van der Waals surface area contributed by atoms with Gasteiger partial charge in [-0.15, -0.1) is 0 Å². The summed E-state index contributed by atoms with van der Waals surface area (Å²) in [5.41, 5.74) is 0.758. The van der Waals surface area contributed by atoms with E-state index < -0.39 is 0 Å². The van der Waals surface area contributed by atoms with E-state index in [-0.39, 0.29) is 23.8 Å². The van der Waals surface area contributed by atoms with Crippen LogP contribution in [-0.4, -0.2) is 16.0 Å². The number of carbonyl (C=O) groups excluding carboxylic acids is 1. The maximum Gasteiger partial charge on any atom is 0.227 e. The van der Waals surface area contributed by atoms with E-state index in [2.05, 4.69) is 0 Å². The lowest BCUT2D eigenvalue weighted by atomic mass is 10.1. The van der Waals surface area contributed by atoms with Gasteiger partial charge in [0.25, 0.3) is 0 Å². The molecule has 0 unspecified atom stereocenters. The molecule has 0 spiro atoms. The van der Waals surface area contributed by atoms with Gasteiger partial charge in [0.05, 0.1) is 0 Å². The van der Waals surface area contributed by atoms with E-state index in [9.17, 15) is 15.0 Å². The second kappa shape index (κ2) is 5.19. The molecule has 1 aromatic heterocycles. The number of Topliss-reactive ketones (excluding diaryl/α,β-unsaturated/α-hetero) is 1. The van der Waals surface area contributed by atoms with Gasteiger partial charge >= 0.3 is 0 Å². The van der Waals surface area contributed by atoms with Crippen LogP contribution in [0.1, 0.15) is 15.9 Å². The van der Waals surface area contributed by atoms with Crippen LogP contribution in [-0.2, 0) is 6.54 Å². The van der Waals surface area contributed by atoms with Gasteiger partial charge in [0.15, 0.2) is 23.9 Å². The van der Waals surface area contributed by atoms with Gasteiger partial charge in [0, 0.05) is 11.6 Å². The Bertz CT molecular complexity index is 675. The second-order valence-corrected chi connectivity index (χ2v) is 4.00. The number of rotatable bonds is 3. The normalized spacial score (nSPS) is 9.84. The minimum Gasteiger partial charge on any atom is -0.504 e. The Morgan fingerprint density at radius 1 is 1.26 bits per heavy atom. The van der Waals surface area contributed by atoms with E-state index in [0.717, 1.165) is 0 Å². The first kappa shape index (κ1) is 12.6. The van der Waals surface area contributed by atoms with Crippen LogP contribution in [0.15, 0.2) is 42.7 Å². The van der Waals surface area contributed by atoms with Crippen molar-refractivity contribution in [3.8, 4) is 17.6 Å². The Morgan fingerprint density at radius 2 is 2.05 bits per heavy atom. The zero-order valence-corrected chi connectivity index (χ0v) is 9.95. The van der Waals surface area contributed by atoms with Crippen LogP contribution in [0.5, 0.6) is 11.5 Å². The Morgan fingerprint density at radius 3 is 2.74 bits per heavy atom. The lowest BCUT2D eigenvalue weighted by Crippen LogP contribution is -2.37. The minimum atomic E-state index is -0.332. The molecule has 0 saturated carbocycles. The smallest absolute Gasteiger partial charge is 0.227 e. The van der Waals surface area contributed by atoms with Gasteiger partial charge in [0.1, 0.15) is 11.6 Å². The third kappa shape index (κ3) is 2.87. The van der Waals surface area contributed by atoms with E-state index in [1.807, 2.05) is 6.07 Å². The lowest BCUT2D eigenvalue weighted by Gasteiger charge is -2.01. The lowest BCUT2D eigenvalue weighted by molar-refractivity contribution is -0.683. The first-order valence-corrected chi connectivity index (χ1v) is 5.54. The summed E-state index contributed by atoms with van der Waals surface area (Å²) in [5, 5.41) is 27.3. The highest BCUT2D eigenvalue weighted by molar-refractivity contribution is 5.95. The summed E-state index contributed by atoms with van der Waals surface area (Å²) in [6.07, 6.45) is 3.25. The third-order valence-electron chi connectivity index (χ3n) is 2.61. The number of ketones is 1. The number of nitrogens with zero attached hydrogens (tertiary/aromatic N) is 2. The van der Waals surface area contributed by atoms with Crippen molar-refractivity contribution >= 4 is 5.78 Å². The van der Waals surface area contributed by atoms with Crippen LogP contribution in [0.4, 0.5) is 0 Å². The summed E-state index contributed by atoms with van der Waals surface area (Å²) in [7, 11) is 0. The molecule has 0 atom stereocenters. The predicted octanol–water partition coefficient (Wildman–Crippen LogP) is 1.14. The van der Waals surface area contributed by atoms with Gasteiger partial charge in [-0.3, -0.25) is 4.79 Å². The zero-order valence-electron chi connectivity index (χ0n) is 9.95. The fourth-order valence-electron chi connectivity index (χ4n) is 1.64. The molecule has 1 aromatic carbocycles. The number of aromatic nitrogens is 1. The topological polar surface area (TPSA) is 85.2 Å². The summed E-state index contributed by atoms with van der Waals surface area (Å²) < 4.78 is 1.59. The van der Waals surface area contributed by atoms with E-state index >= 15 is 0 Å². The van der Waals surface area contributed by atoms with Gasteiger partial charge in [-0.2, -0.15) is 9.83 Å². The molecule has 2 N–H and O–H groups in total. The minimum absolute atomic E-state index is 0.0553. The molecule has 2 aromatic rings. The van der Waals surface area contributed by atoms with Crippen molar-refractivity contribution in [2.75, 3.05) is 0 Å². The van der Waals surface area contributed by atoms with Gasteiger partial charge in [-0.05, 0) is 24.3 Å². The molecule has 5 heteroatoms. The molecule has 0 bridgehead atoms. The Hall–Kier alpha value is -2.87. The Balaban J connectivity index is 2.21. The fourth-order valence-corrected chi connectivity index (χ4v) is 1.64. The SMILES string of the molecule is N#Cc1ccc[n+](CC(=O)c2ccc(O)c(O)c2)c1. The van der Waals surface area contributed by atoms with Crippen molar-refractivity contribution in [1.29, 1.82) is 5.26 Å². The molecule has 0 aliphatic rings. The molecule has 1 heterocycles. The van der Waals surface area contributed by atoms with Crippen LogP contribution in [0.2, 0.25) is 0 Å². The molecule has 94 valence electrons. The van der Waals surface area contributed by atoms with Crippen molar-refractivity contribution in [1.82, 2.24) is 0 Å². The number of pyridine rings is 1. The first-order chi connectivity index (χ1) is 9.10. The van der Waals surface area contributed by atoms with E-state index in [1.165, 1.54) is 18.2 Å². The van der Waals surface area contributed by atoms with Crippen molar-refractivity contribution in [3.63, 3.8) is 0 Å². The van der Waals surface area contributed by atoms with Crippen molar-refractivity contribution in [2.24, 2.45) is 0 Å². The molecule has 0 radical (unpaired) electrons. The molecule has 0 amide bonds. The van der Waals surface area contributed by atoms with Crippen LogP contribution in [0.3, 0.4) is 0 Å². The largest absolute Gasteiger partial charge is 0.504 e. The summed E-state index contributed by atoms with van der Waals surface area (Å²) in [5.74, 6) is -0.826. The van der Waals surface area contributed by atoms with Crippen molar-refractivity contribution < 1.29 is 19.6 Å². The summed E-state index contributed by atoms with van der Waals surface area (Å²) in [6, 6.07) is 9.23. The first-order valence-electron chi connectivity index (χ1n) is 5.54. The fraction of sp³-hybridized carbons (Fsp3) is 0.0714. The standard InChI is InChI=1S/C14H10N2O3/c15-7-10-2-1-5-16(8-10)9-14(19)11-3-4-12(17)13(18)6-11/h1-6,8H,9H2,(H-,17,18,19)/p+1. The van der Waals surface area contributed by atoms with Gasteiger partial charge < -0.3 is 10.2 Å². The molecule has 5 nitrogen and oxygen atoms in total. The number of carbonyl (C=O) groups is 1. The number of phenols is 2. The molecule has 2 rings (SSSR count). The highest BCUT2D eigenvalue weighted by atomic mass is 16.3. The monoisotopic (exact) mass is 255 g/mol. The van der Waals surface area contributed by atoms with Crippen molar-refractivity contribution in [3.05, 3.63) is 53.9 Å². The average Bonchev–Trinajstić information content (AvgIpc) is 2.42. The molecule has 0 fully saturated rings. The van der Waals surface area contributed by atoms with Crippen LogP contribution < -0.4 is 4.57 Å². The van der Waals surface area contributed by atoms with Crippen molar-refractivity contribution in [2.45, 2.75) is 6.54 Å². The number of benzene rings is 1. The number of hydrogen-bond donors (Lipinski definition) is 2. The summed E-state index contributed by atoms with van der Waals surface area (Å²) in [6.45, 7) is 0.0553. The quantitative estimate of drug-likeness (QED) is 0.489. The molecular formula is C14H11N2O3+. The van der Waals surface area contributed by atoms with E-state index in [0.29, 0.717) is 11.1 Å². The number of phenolic OH excluding ortho intramolecular Hbond substituents is 2. The molecule has 0 saturated heterocycles. The maximum absolute atomic E-state index is 12.0. The summed E-state index contributed by atoms with van der Waals surface area (Å²) >= 11 is 0. The predicted molar refractivity (Wildman–Crippen MR) is 65.5 cm³/mol. The number of nitriles is 1. The Kier molecular flexibility index (Phi) is 3.44. The van der Waals surface area contributed by atoms with Crippen LogP contribution in [0.25, 0.3) is 0 Å². The van der Waals surface area contributed by atoms with Crippen LogP contribution in [0, 0.1) is 11.3 Å². The zero-order chi connectivity index (χ0) is 13.8. The van der Waals surface area contributed by atoms with Gasteiger partial charge in [-0.1, -0.05) is 0 Å².